The van der Waals surface area contributed by atoms with E-state index in [-0.39, 0.29) is 30.8 Å². The molecular weight excluding hydrogens is 275 g/mol. The van der Waals surface area contributed by atoms with E-state index in [1.54, 1.807) is 20.8 Å². The maximum atomic E-state index is 12.7. The number of carbonyl (C=O) groups is 1. The summed E-state index contributed by atoms with van der Waals surface area (Å²) in [6.07, 6.45) is -4.85. The summed E-state index contributed by atoms with van der Waals surface area (Å²) in [4.78, 5) is 13.2. The molecule has 0 saturated carbocycles. The number of hydrogen-bond acceptors (Lipinski definition) is 4. The quantitative estimate of drug-likeness (QED) is 0.687. The molecule has 8 heteroatoms. The summed E-state index contributed by atoms with van der Waals surface area (Å²) in [6, 6.07) is -1.85. The molecule has 0 aromatic carbocycles. The molecule has 0 N–H and O–H groups in total. The van der Waals surface area contributed by atoms with E-state index >= 15 is 0 Å². The van der Waals surface area contributed by atoms with Crippen molar-refractivity contribution in [3.05, 3.63) is 11.3 Å². The van der Waals surface area contributed by atoms with Crippen LogP contribution in [0.5, 0.6) is 0 Å². The van der Waals surface area contributed by atoms with Gasteiger partial charge < -0.3 is 9.64 Å². The van der Waals surface area contributed by atoms with Gasteiger partial charge in [-0.2, -0.15) is 23.4 Å². The van der Waals surface area contributed by atoms with Crippen LogP contribution in [-0.4, -0.2) is 41.9 Å². The van der Waals surface area contributed by atoms with Crippen LogP contribution in [0.15, 0.2) is 21.5 Å². The summed E-state index contributed by atoms with van der Waals surface area (Å²) < 4.78 is 43.3. The number of halogens is 3. The van der Waals surface area contributed by atoms with Crippen LogP contribution in [0.2, 0.25) is 0 Å². The van der Waals surface area contributed by atoms with E-state index in [2.05, 4.69) is 10.2 Å². The Labute approximate surface area is 114 Å². The summed E-state index contributed by atoms with van der Waals surface area (Å²) in [6.45, 7) is 5.39. The third-order valence-corrected chi connectivity index (χ3v) is 2.95. The zero-order chi connectivity index (χ0) is 15.1. The van der Waals surface area contributed by atoms with Gasteiger partial charge in [-0.05, 0) is 32.8 Å². The van der Waals surface area contributed by atoms with Gasteiger partial charge in [0.05, 0.1) is 12.2 Å². The average Bonchev–Trinajstić information content (AvgIpc) is 2.68. The lowest BCUT2D eigenvalue weighted by Crippen LogP contribution is -2.41. The highest BCUT2D eigenvalue weighted by molar-refractivity contribution is 5.69. The zero-order valence-electron chi connectivity index (χ0n) is 11.5. The van der Waals surface area contributed by atoms with Gasteiger partial charge in [-0.3, -0.25) is 0 Å². The van der Waals surface area contributed by atoms with Crippen molar-refractivity contribution < 1.29 is 22.7 Å². The number of nitrogens with zero attached hydrogens (tertiary/aromatic N) is 3. The van der Waals surface area contributed by atoms with E-state index in [1.165, 1.54) is 4.90 Å². The van der Waals surface area contributed by atoms with Crippen LogP contribution in [0, 0.1) is 0 Å². The Morgan fingerprint density at radius 2 is 2.00 bits per heavy atom. The molecule has 1 amide bonds. The molecule has 0 spiro atoms. The van der Waals surface area contributed by atoms with Crippen molar-refractivity contribution in [1.29, 1.82) is 0 Å². The Bertz CT molecular complexity index is 477. The first-order chi connectivity index (χ1) is 9.08. The second kappa shape index (κ2) is 4.75. The maximum absolute atomic E-state index is 12.7. The molecule has 20 heavy (non-hydrogen) atoms. The van der Waals surface area contributed by atoms with Crippen LogP contribution < -0.4 is 0 Å². The fourth-order valence-electron chi connectivity index (χ4n) is 2.09. The largest absolute Gasteiger partial charge is 0.444 e. The van der Waals surface area contributed by atoms with E-state index in [0.29, 0.717) is 0 Å². The van der Waals surface area contributed by atoms with Crippen molar-refractivity contribution >= 4 is 6.09 Å². The standard InChI is InChI=1S/C12H16F3N3O2/c1-11(2,3)20-10(19)18-5-4-7-8(6-18)16-17-9(7)12(13,14)15/h9H,4-6H2,1-3H3/t9-/m0/s1. The molecule has 0 fully saturated rings. The van der Waals surface area contributed by atoms with Gasteiger partial charge in [0.15, 0.2) is 6.04 Å². The molecule has 0 aliphatic carbocycles. The number of amides is 1. The number of alkyl halides is 3. The normalized spacial score (nSPS) is 23.1. The fourth-order valence-corrected chi connectivity index (χ4v) is 2.09. The summed E-state index contributed by atoms with van der Waals surface area (Å²) >= 11 is 0. The van der Waals surface area contributed by atoms with Gasteiger partial charge in [0.2, 0.25) is 0 Å². The molecule has 0 aromatic rings. The first-order valence-corrected chi connectivity index (χ1v) is 6.25. The number of ether oxygens (including phenoxy) is 1. The molecule has 2 aliphatic rings. The first kappa shape index (κ1) is 14.8. The molecule has 2 rings (SSSR count). The highest BCUT2D eigenvalue weighted by Crippen LogP contribution is 2.38. The first-order valence-electron chi connectivity index (χ1n) is 6.25. The van der Waals surface area contributed by atoms with Crippen molar-refractivity contribution in [1.82, 2.24) is 4.90 Å². The van der Waals surface area contributed by atoms with Gasteiger partial charge in [0.1, 0.15) is 5.60 Å². The van der Waals surface area contributed by atoms with Crippen molar-refractivity contribution in [3.8, 4) is 0 Å². The highest BCUT2D eigenvalue weighted by atomic mass is 19.4. The molecule has 5 nitrogen and oxygen atoms in total. The minimum atomic E-state index is -4.42. The minimum Gasteiger partial charge on any atom is -0.444 e. The van der Waals surface area contributed by atoms with Crippen molar-refractivity contribution in [2.75, 3.05) is 13.1 Å². The number of carbonyl (C=O) groups excluding carboxylic acids is 1. The topological polar surface area (TPSA) is 54.3 Å². The lowest BCUT2D eigenvalue weighted by Gasteiger charge is -2.30. The van der Waals surface area contributed by atoms with E-state index < -0.39 is 23.9 Å². The molecule has 0 saturated heterocycles. The Kier molecular flexibility index (Phi) is 3.51. The lowest BCUT2D eigenvalue weighted by molar-refractivity contribution is -0.139. The van der Waals surface area contributed by atoms with E-state index in [1.807, 2.05) is 0 Å². The van der Waals surface area contributed by atoms with Crippen LogP contribution in [-0.2, 0) is 4.74 Å². The van der Waals surface area contributed by atoms with Crippen molar-refractivity contribution in [3.63, 3.8) is 0 Å². The van der Waals surface area contributed by atoms with E-state index in [0.717, 1.165) is 0 Å². The Hall–Kier alpha value is -1.60. The summed E-state index contributed by atoms with van der Waals surface area (Å²) in [5.74, 6) is 0. The smallest absolute Gasteiger partial charge is 0.416 e. The van der Waals surface area contributed by atoms with Gasteiger partial charge in [-0.25, -0.2) is 4.79 Å². The second-order valence-electron chi connectivity index (χ2n) is 5.78. The van der Waals surface area contributed by atoms with Crippen LogP contribution >= 0.6 is 0 Å². The fraction of sp³-hybridized carbons (Fsp3) is 0.750. The molecule has 0 radical (unpaired) electrons. The monoisotopic (exact) mass is 291 g/mol. The van der Waals surface area contributed by atoms with Crippen LogP contribution in [0.1, 0.15) is 27.2 Å². The summed E-state index contributed by atoms with van der Waals surface area (Å²) in [5, 5.41) is 6.84. The Morgan fingerprint density at radius 1 is 1.35 bits per heavy atom. The molecule has 1 atom stereocenters. The third-order valence-electron chi connectivity index (χ3n) is 2.95. The SMILES string of the molecule is CC(C)(C)OC(=O)N1CCC2=C(C1)N=N[C@@H]2C(F)(F)F. The average molecular weight is 291 g/mol. The number of hydrogen-bond donors (Lipinski definition) is 0. The van der Waals surface area contributed by atoms with Crippen LogP contribution in [0.4, 0.5) is 18.0 Å². The third kappa shape index (κ3) is 3.10. The predicted octanol–water partition coefficient (Wildman–Crippen LogP) is 3.28. The van der Waals surface area contributed by atoms with Crippen LogP contribution in [0.3, 0.4) is 0 Å². The Balaban J connectivity index is 2.07. The summed E-state index contributed by atoms with van der Waals surface area (Å²) in [5.41, 5.74) is -0.251. The zero-order valence-corrected chi connectivity index (χ0v) is 11.5. The number of rotatable bonds is 0. The second-order valence-corrected chi connectivity index (χ2v) is 5.78. The molecule has 2 aliphatic heterocycles. The van der Waals surface area contributed by atoms with Crippen molar-refractivity contribution in [2.24, 2.45) is 10.2 Å². The van der Waals surface area contributed by atoms with Gasteiger partial charge in [-0.15, -0.1) is 0 Å². The van der Waals surface area contributed by atoms with Gasteiger partial charge in [0, 0.05) is 6.54 Å². The molecule has 0 aromatic heterocycles. The van der Waals surface area contributed by atoms with Crippen LogP contribution in [0.25, 0.3) is 0 Å². The van der Waals surface area contributed by atoms with Gasteiger partial charge >= 0.3 is 12.3 Å². The predicted molar refractivity (Wildman–Crippen MR) is 64.1 cm³/mol. The van der Waals surface area contributed by atoms with Crippen molar-refractivity contribution in [2.45, 2.75) is 45.0 Å². The summed E-state index contributed by atoms with van der Waals surface area (Å²) in [7, 11) is 0. The van der Waals surface area contributed by atoms with Gasteiger partial charge in [-0.1, -0.05) is 0 Å². The van der Waals surface area contributed by atoms with Gasteiger partial charge in [0.25, 0.3) is 0 Å². The van der Waals surface area contributed by atoms with E-state index in [9.17, 15) is 18.0 Å². The van der Waals surface area contributed by atoms with E-state index in [4.69, 9.17) is 4.74 Å². The maximum Gasteiger partial charge on any atom is 0.416 e. The Morgan fingerprint density at radius 3 is 2.55 bits per heavy atom. The molecule has 0 unspecified atom stereocenters. The lowest BCUT2D eigenvalue weighted by atomic mass is 9.99. The molecule has 112 valence electrons. The molecular formula is C12H16F3N3O2. The number of azo groups is 1. The molecule has 0 bridgehead atoms. The molecule has 2 heterocycles. The minimum absolute atomic E-state index is 0.0142. The highest BCUT2D eigenvalue weighted by Gasteiger charge is 2.47.